The summed E-state index contributed by atoms with van der Waals surface area (Å²) < 4.78 is 0. The fraction of sp³-hybridized carbons (Fsp3) is 1.00. The molecule has 0 fully saturated rings. The van der Waals surface area contributed by atoms with Gasteiger partial charge in [-0.1, -0.05) is 33.1 Å². The molecule has 0 unspecified atom stereocenters. The van der Waals surface area contributed by atoms with Gasteiger partial charge >= 0.3 is 0 Å². The van der Waals surface area contributed by atoms with E-state index in [0.717, 1.165) is 25.8 Å². The molecule has 0 aromatic carbocycles. The summed E-state index contributed by atoms with van der Waals surface area (Å²) in [4.78, 5) is 0. The molecule has 0 bridgehead atoms. The van der Waals surface area contributed by atoms with Crippen molar-refractivity contribution in [1.82, 2.24) is 0 Å². The molecule has 0 spiro atoms. The molecule has 2 heteroatoms. The molecule has 0 rings (SSSR count). The maximum Gasteiger partial charge on any atom is 0.0822 e. The topological polar surface area (TPSA) is 45.9 Å². The number of hydrogen-bond acceptors (Lipinski definition) is 1. The van der Waals surface area contributed by atoms with Crippen LogP contribution >= 0.6 is 0 Å². The van der Waals surface area contributed by atoms with Gasteiger partial charge in [0.25, 0.3) is 0 Å². The highest BCUT2D eigenvalue weighted by Gasteiger charge is 1.82. The average molecular weight is 160 g/mol. The van der Waals surface area contributed by atoms with E-state index in [-0.39, 0.29) is 6.61 Å². The number of nitrogens with two attached hydrogens (primary N) is 1. The van der Waals surface area contributed by atoms with Gasteiger partial charge in [0.15, 0.2) is 0 Å². The minimum absolute atomic E-state index is 0.111. The zero-order chi connectivity index (χ0) is 8.95. The van der Waals surface area contributed by atoms with Crippen LogP contribution in [0.1, 0.15) is 46.0 Å². The predicted molar refractivity (Wildman–Crippen MR) is 49.0 cm³/mol. The van der Waals surface area contributed by atoms with E-state index in [1.165, 1.54) is 12.8 Å². The normalized spacial score (nSPS) is 8.73. The van der Waals surface area contributed by atoms with E-state index >= 15 is 0 Å². The quantitative estimate of drug-likeness (QED) is 0.616. The second-order valence-electron chi connectivity index (χ2n) is 2.55. The standard InChI is InChI=1S/C6H13O.C3H9N/c1-2-3-4-5-6-7;1-2-3-4/h2-6H2,1H3;2-4H2,1H3. The first-order chi connectivity index (χ1) is 5.33. The van der Waals surface area contributed by atoms with E-state index in [4.69, 9.17) is 5.73 Å². The SMILES string of the molecule is CCCCCC[O].CCCN. The first kappa shape index (κ1) is 13.5. The van der Waals surface area contributed by atoms with Gasteiger partial charge in [-0.3, -0.25) is 0 Å². The largest absolute Gasteiger partial charge is 0.330 e. The van der Waals surface area contributed by atoms with Gasteiger partial charge in [0.05, 0.1) is 6.61 Å². The van der Waals surface area contributed by atoms with Crippen LogP contribution in [0.2, 0.25) is 0 Å². The van der Waals surface area contributed by atoms with Gasteiger partial charge in [-0.2, -0.15) is 0 Å². The van der Waals surface area contributed by atoms with E-state index in [1.807, 2.05) is 0 Å². The lowest BCUT2D eigenvalue weighted by atomic mass is 10.2. The Morgan fingerprint density at radius 2 is 1.55 bits per heavy atom. The summed E-state index contributed by atoms with van der Waals surface area (Å²) >= 11 is 0. The van der Waals surface area contributed by atoms with Crippen molar-refractivity contribution in [2.45, 2.75) is 46.0 Å². The molecule has 2 nitrogen and oxygen atoms in total. The van der Waals surface area contributed by atoms with Crippen molar-refractivity contribution in [3.8, 4) is 0 Å². The van der Waals surface area contributed by atoms with Gasteiger partial charge in [0, 0.05) is 0 Å². The summed E-state index contributed by atoms with van der Waals surface area (Å²) in [5.41, 5.74) is 5.03. The van der Waals surface area contributed by atoms with Crippen molar-refractivity contribution in [2.24, 2.45) is 5.73 Å². The minimum Gasteiger partial charge on any atom is -0.330 e. The highest BCUT2D eigenvalue weighted by molar-refractivity contribution is 4.35. The molecule has 2 N–H and O–H groups in total. The molecule has 0 aliphatic heterocycles. The molecule has 0 aliphatic rings. The van der Waals surface area contributed by atoms with Crippen LogP contribution in [-0.4, -0.2) is 13.2 Å². The average Bonchev–Trinajstić information content (AvgIpc) is 2.06. The predicted octanol–water partition coefficient (Wildman–Crippen LogP) is 2.35. The second kappa shape index (κ2) is 16.5. The van der Waals surface area contributed by atoms with Gasteiger partial charge < -0.3 is 5.73 Å². The molecular weight excluding hydrogens is 138 g/mol. The zero-order valence-electron chi connectivity index (χ0n) is 7.94. The van der Waals surface area contributed by atoms with Gasteiger partial charge in [-0.25, -0.2) is 5.11 Å². The van der Waals surface area contributed by atoms with E-state index in [9.17, 15) is 5.11 Å². The molecule has 0 saturated carbocycles. The molecule has 11 heavy (non-hydrogen) atoms. The van der Waals surface area contributed by atoms with Crippen LogP contribution < -0.4 is 5.73 Å². The van der Waals surface area contributed by atoms with Crippen molar-refractivity contribution in [2.75, 3.05) is 13.2 Å². The lowest BCUT2D eigenvalue weighted by Crippen LogP contribution is -1.93. The molecule has 0 aromatic rings. The third kappa shape index (κ3) is 25.7. The Morgan fingerprint density at radius 1 is 1.00 bits per heavy atom. The molecule has 0 aliphatic carbocycles. The van der Waals surface area contributed by atoms with Crippen molar-refractivity contribution in [3.05, 3.63) is 0 Å². The van der Waals surface area contributed by atoms with Crippen LogP contribution in [0.4, 0.5) is 0 Å². The van der Waals surface area contributed by atoms with Crippen molar-refractivity contribution in [3.63, 3.8) is 0 Å². The highest BCUT2D eigenvalue weighted by Crippen LogP contribution is 1.96. The smallest absolute Gasteiger partial charge is 0.0822 e. The molecule has 1 radical (unpaired) electrons. The Labute approximate surface area is 70.8 Å². The monoisotopic (exact) mass is 160 g/mol. The summed E-state index contributed by atoms with van der Waals surface area (Å²) in [6, 6.07) is 0. The first-order valence-electron chi connectivity index (χ1n) is 4.61. The molecule has 0 saturated heterocycles. The van der Waals surface area contributed by atoms with Crippen LogP contribution in [0.3, 0.4) is 0 Å². The van der Waals surface area contributed by atoms with Crippen molar-refractivity contribution in [1.29, 1.82) is 0 Å². The van der Waals surface area contributed by atoms with Crippen LogP contribution in [0, 0.1) is 0 Å². The van der Waals surface area contributed by atoms with E-state index in [2.05, 4.69) is 13.8 Å². The van der Waals surface area contributed by atoms with Crippen LogP contribution in [0.25, 0.3) is 0 Å². The first-order valence-corrected chi connectivity index (χ1v) is 4.61. The highest BCUT2D eigenvalue weighted by atomic mass is 16.2. The number of rotatable bonds is 5. The van der Waals surface area contributed by atoms with Gasteiger partial charge in [-0.05, 0) is 19.4 Å². The van der Waals surface area contributed by atoms with Crippen LogP contribution in [0.15, 0.2) is 0 Å². The van der Waals surface area contributed by atoms with Crippen LogP contribution in [-0.2, 0) is 5.11 Å². The summed E-state index contributed by atoms with van der Waals surface area (Å²) in [5.74, 6) is 0. The van der Waals surface area contributed by atoms with E-state index in [0.29, 0.717) is 0 Å². The Hall–Kier alpha value is -0.0800. The Bertz CT molecular complexity index is 42.8. The maximum atomic E-state index is 9.80. The molecule has 0 aromatic heterocycles. The third-order valence-corrected chi connectivity index (χ3v) is 1.29. The molecular formula is C9H22NO. The van der Waals surface area contributed by atoms with Crippen LogP contribution in [0.5, 0.6) is 0 Å². The van der Waals surface area contributed by atoms with E-state index < -0.39 is 0 Å². The second-order valence-corrected chi connectivity index (χ2v) is 2.55. The maximum absolute atomic E-state index is 9.80. The van der Waals surface area contributed by atoms with Gasteiger partial charge in [-0.15, -0.1) is 0 Å². The lowest BCUT2D eigenvalue weighted by molar-refractivity contribution is 0.186. The number of hydrogen-bond donors (Lipinski definition) is 1. The molecule has 0 amide bonds. The fourth-order valence-electron chi connectivity index (χ4n) is 0.529. The fourth-order valence-corrected chi connectivity index (χ4v) is 0.529. The Balaban J connectivity index is 0. The van der Waals surface area contributed by atoms with Gasteiger partial charge in [0.2, 0.25) is 0 Å². The summed E-state index contributed by atoms with van der Waals surface area (Å²) in [5, 5.41) is 9.80. The Kier molecular flexibility index (Phi) is 20.2. The Morgan fingerprint density at radius 3 is 1.82 bits per heavy atom. The van der Waals surface area contributed by atoms with Crippen molar-refractivity contribution >= 4 is 0 Å². The van der Waals surface area contributed by atoms with E-state index in [1.54, 1.807) is 0 Å². The lowest BCUT2D eigenvalue weighted by Gasteiger charge is -1.89. The summed E-state index contributed by atoms with van der Waals surface area (Å²) in [6.07, 6.45) is 5.54. The molecule has 0 atom stereocenters. The van der Waals surface area contributed by atoms with Gasteiger partial charge in [0.1, 0.15) is 0 Å². The van der Waals surface area contributed by atoms with Crippen molar-refractivity contribution < 1.29 is 5.11 Å². The number of unbranched alkanes of at least 4 members (excludes halogenated alkanes) is 3. The minimum atomic E-state index is 0.111. The third-order valence-electron chi connectivity index (χ3n) is 1.29. The molecule has 69 valence electrons. The summed E-state index contributed by atoms with van der Waals surface area (Å²) in [6.45, 7) is 5.13. The zero-order valence-corrected chi connectivity index (χ0v) is 7.94. The summed E-state index contributed by atoms with van der Waals surface area (Å²) in [7, 11) is 0. The molecule has 0 heterocycles.